The van der Waals surface area contributed by atoms with Crippen LogP contribution >= 0.6 is 11.3 Å². The molecular weight excluding hydrogens is 240 g/mol. The molecule has 94 valence electrons. The number of morpholine rings is 1. The van der Waals surface area contributed by atoms with Gasteiger partial charge in [-0.25, -0.2) is 0 Å². The van der Waals surface area contributed by atoms with E-state index in [0.29, 0.717) is 18.3 Å². The predicted octanol–water partition coefficient (Wildman–Crippen LogP) is 0.506. The molecule has 1 aromatic rings. The van der Waals surface area contributed by atoms with Crippen LogP contribution in [0.1, 0.15) is 11.9 Å². The van der Waals surface area contributed by atoms with Crippen molar-refractivity contribution in [1.29, 1.82) is 0 Å². The van der Waals surface area contributed by atoms with Crippen molar-refractivity contribution in [3.8, 4) is 0 Å². The first kappa shape index (κ1) is 12.4. The van der Waals surface area contributed by atoms with Gasteiger partial charge in [-0.15, -0.1) is 10.2 Å². The van der Waals surface area contributed by atoms with Crippen molar-refractivity contribution in [3.05, 3.63) is 5.01 Å². The van der Waals surface area contributed by atoms with Crippen LogP contribution in [0.4, 0.5) is 5.13 Å². The second kappa shape index (κ2) is 5.52. The Kier molecular flexibility index (Phi) is 4.03. The van der Waals surface area contributed by atoms with E-state index >= 15 is 0 Å². The lowest BCUT2D eigenvalue weighted by atomic mass is 10.3. The zero-order valence-corrected chi connectivity index (χ0v) is 10.8. The van der Waals surface area contributed by atoms with Crippen LogP contribution in [-0.2, 0) is 9.53 Å². The van der Waals surface area contributed by atoms with E-state index in [1.165, 1.54) is 11.3 Å². The van der Waals surface area contributed by atoms with Crippen LogP contribution in [-0.4, -0.2) is 53.3 Å². The van der Waals surface area contributed by atoms with Crippen molar-refractivity contribution in [3.63, 3.8) is 0 Å². The minimum atomic E-state index is -0.0461. The van der Waals surface area contributed by atoms with Crippen molar-refractivity contribution < 1.29 is 9.53 Å². The zero-order valence-electron chi connectivity index (χ0n) is 9.97. The van der Waals surface area contributed by atoms with E-state index in [4.69, 9.17) is 4.74 Å². The molecule has 1 saturated heterocycles. The van der Waals surface area contributed by atoms with E-state index in [0.717, 1.165) is 18.1 Å². The maximum atomic E-state index is 11.7. The number of hydrogen-bond donors (Lipinski definition) is 1. The van der Waals surface area contributed by atoms with Crippen LogP contribution in [0.25, 0.3) is 0 Å². The van der Waals surface area contributed by atoms with Crippen LogP contribution in [0, 0.1) is 6.92 Å². The molecule has 0 bridgehead atoms. The summed E-state index contributed by atoms with van der Waals surface area (Å²) in [4.78, 5) is 13.8. The van der Waals surface area contributed by atoms with Gasteiger partial charge in [0.1, 0.15) is 5.01 Å². The third kappa shape index (κ3) is 3.72. The maximum absolute atomic E-state index is 11.7. The van der Waals surface area contributed by atoms with Gasteiger partial charge in [0.25, 0.3) is 0 Å². The highest BCUT2D eigenvalue weighted by molar-refractivity contribution is 7.15. The number of carbonyl (C=O) groups is 1. The van der Waals surface area contributed by atoms with Crippen molar-refractivity contribution in [2.75, 3.05) is 31.6 Å². The number of anilines is 1. The first-order valence-corrected chi connectivity index (χ1v) is 6.39. The summed E-state index contributed by atoms with van der Waals surface area (Å²) in [5.74, 6) is -0.0461. The fourth-order valence-corrected chi connectivity index (χ4v) is 2.35. The highest BCUT2D eigenvalue weighted by atomic mass is 32.1. The molecule has 1 amide bonds. The molecule has 17 heavy (non-hydrogen) atoms. The molecule has 0 saturated carbocycles. The summed E-state index contributed by atoms with van der Waals surface area (Å²) in [6.07, 6.45) is 0.195. The van der Waals surface area contributed by atoms with E-state index < -0.39 is 0 Å². The van der Waals surface area contributed by atoms with Crippen molar-refractivity contribution in [1.82, 2.24) is 15.1 Å². The first-order valence-electron chi connectivity index (χ1n) is 5.57. The van der Waals surface area contributed by atoms with E-state index in [2.05, 4.69) is 20.4 Å². The largest absolute Gasteiger partial charge is 0.376 e. The number of hydrogen-bond acceptors (Lipinski definition) is 6. The highest BCUT2D eigenvalue weighted by Crippen LogP contribution is 2.13. The van der Waals surface area contributed by atoms with Gasteiger partial charge in [0.05, 0.1) is 19.3 Å². The molecule has 1 aromatic heterocycles. The molecule has 0 aliphatic carbocycles. The van der Waals surface area contributed by atoms with Gasteiger partial charge in [-0.2, -0.15) is 0 Å². The van der Waals surface area contributed by atoms with Gasteiger partial charge in [-0.3, -0.25) is 15.0 Å². The van der Waals surface area contributed by atoms with Crippen LogP contribution in [0.15, 0.2) is 0 Å². The molecule has 1 aliphatic heterocycles. The van der Waals surface area contributed by atoms with E-state index in [1.54, 1.807) is 0 Å². The third-order valence-corrected chi connectivity index (χ3v) is 3.22. The minimum absolute atomic E-state index is 0.0461. The molecule has 1 aliphatic rings. The third-order valence-electron chi connectivity index (χ3n) is 2.46. The number of nitrogens with one attached hydrogen (secondary N) is 1. The van der Waals surface area contributed by atoms with E-state index in [9.17, 15) is 4.79 Å². The molecule has 0 radical (unpaired) electrons. The second-order valence-electron chi connectivity index (χ2n) is 4.09. The molecule has 0 unspecified atom stereocenters. The van der Waals surface area contributed by atoms with Gasteiger partial charge in [0.2, 0.25) is 11.0 Å². The Morgan fingerprint density at radius 2 is 2.47 bits per heavy atom. The van der Waals surface area contributed by atoms with Gasteiger partial charge < -0.3 is 4.74 Å². The first-order chi connectivity index (χ1) is 8.13. The Bertz CT molecular complexity index is 395. The quantitative estimate of drug-likeness (QED) is 0.853. The Morgan fingerprint density at radius 3 is 3.12 bits per heavy atom. The van der Waals surface area contributed by atoms with Crippen LogP contribution in [0.3, 0.4) is 0 Å². The smallest absolute Gasteiger partial charge is 0.240 e. The summed E-state index contributed by atoms with van der Waals surface area (Å²) in [5.41, 5.74) is 0. The van der Waals surface area contributed by atoms with Crippen LogP contribution < -0.4 is 5.32 Å². The highest BCUT2D eigenvalue weighted by Gasteiger charge is 2.19. The van der Waals surface area contributed by atoms with E-state index in [-0.39, 0.29) is 12.0 Å². The fraction of sp³-hybridized carbons (Fsp3) is 0.700. The molecule has 2 heterocycles. The van der Waals surface area contributed by atoms with Gasteiger partial charge in [0.15, 0.2) is 0 Å². The molecule has 6 nitrogen and oxygen atoms in total. The SMILES string of the molecule is Cc1nnc(NC(=O)CN2CCO[C@@H](C)C2)s1. The fourth-order valence-electron chi connectivity index (χ4n) is 1.74. The molecule has 1 atom stereocenters. The van der Waals surface area contributed by atoms with E-state index in [1.807, 2.05) is 13.8 Å². The van der Waals surface area contributed by atoms with Gasteiger partial charge in [0, 0.05) is 13.1 Å². The number of aryl methyl sites for hydroxylation is 1. The van der Waals surface area contributed by atoms with Gasteiger partial charge in [-0.1, -0.05) is 11.3 Å². The lowest BCUT2D eigenvalue weighted by Crippen LogP contribution is -2.44. The summed E-state index contributed by atoms with van der Waals surface area (Å²) in [6.45, 7) is 6.53. The normalized spacial score (nSPS) is 21.4. The standard InChI is InChI=1S/C10H16N4O2S/c1-7-5-14(3-4-16-7)6-9(15)11-10-13-12-8(2)17-10/h7H,3-6H2,1-2H3,(H,11,13,15)/t7-/m0/s1. The van der Waals surface area contributed by atoms with Crippen molar-refractivity contribution in [2.45, 2.75) is 20.0 Å². The molecular formula is C10H16N4O2S. The summed E-state index contributed by atoms with van der Waals surface area (Å²) in [7, 11) is 0. The minimum Gasteiger partial charge on any atom is -0.376 e. The molecule has 1 N–H and O–H groups in total. The summed E-state index contributed by atoms with van der Waals surface area (Å²) >= 11 is 1.38. The Morgan fingerprint density at radius 1 is 1.65 bits per heavy atom. The molecule has 1 fully saturated rings. The van der Waals surface area contributed by atoms with Crippen molar-refractivity contribution >= 4 is 22.4 Å². The summed E-state index contributed by atoms with van der Waals surface area (Å²) < 4.78 is 5.42. The van der Waals surface area contributed by atoms with Gasteiger partial charge >= 0.3 is 0 Å². The number of carbonyl (C=O) groups excluding carboxylic acids is 1. The van der Waals surface area contributed by atoms with Crippen LogP contribution in [0.2, 0.25) is 0 Å². The Hall–Kier alpha value is -1.05. The molecule has 0 aromatic carbocycles. The zero-order chi connectivity index (χ0) is 12.3. The van der Waals surface area contributed by atoms with Gasteiger partial charge in [-0.05, 0) is 13.8 Å². The monoisotopic (exact) mass is 256 g/mol. The predicted molar refractivity (Wildman–Crippen MR) is 65.1 cm³/mol. The van der Waals surface area contributed by atoms with Crippen molar-refractivity contribution in [2.24, 2.45) is 0 Å². The average molecular weight is 256 g/mol. The summed E-state index contributed by atoms with van der Waals surface area (Å²) in [6, 6.07) is 0. The molecule has 7 heteroatoms. The number of nitrogens with zero attached hydrogens (tertiary/aromatic N) is 3. The number of amides is 1. The lowest BCUT2D eigenvalue weighted by Gasteiger charge is -2.30. The topological polar surface area (TPSA) is 67.4 Å². The number of rotatable bonds is 3. The maximum Gasteiger partial charge on any atom is 0.240 e. The second-order valence-corrected chi connectivity index (χ2v) is 5.27. The Balaban J connectivity index is 1.80. The average Bonchev–Trinajstić information content (AvgIpc) is 2.63. The lowest BCUT2D eigenvalue weighted by molar-refractivity contribution is -0.119. The Labute approximate surface area is 104 Å². The van der Waals surface area contributed by atoms with Crippen LogP contribution in [0.5, 0.6) is 0 Å². The molecule has 2 rings (SSSR count). The number of ether oxygens (including phenoxy) is 1. The summed E-state index contributed by atoms with van der Waals surface area (Å²) in [5, 5.41) is 11.9. The molecule has 0 spiro atoms. The number of aromatic nitrogens is 2.